The van der Waals surface area contributed by atoms with Crippen LogP contribution in [-0.4, -0.2) is 106 Å². The van der Waals surface area contributed by atoms with Crippen molar-refractivity contribution >= 4 is 11.6 Å². The molecule has 0 radical (unpaired) electrons. The molecule has 0 amide bonds. The van der Waals surface area contributed by atoms with Gasteiger partial charge in [-0.3, -0.25) is 4.90 Å². The van der Waals surface area contributed by atoms with Crippen LogP contribution in [0.1, 0.15) is 12.0 Å². The summed E-state index contributed by atoms with van der Waals surface area (Å²) in [6, 6.07) is 7.94. The monoisotopic (exact) mass is 486 g/mol. The summed E-state index contributed by atoms with van der Waals surface area (Å²) in [5.41, 5.74) is 0.267. The van der Waals surface area contributed by atoms with E-state index >= 15 is 0 Å². The Kier molecular flexibility index (Phi) is 8.61. The molecule has 3 heterocycles. The summed E-state index contributed by atoms with van der Waals surface area (Å²) >= 11 is 0. The third-order valence-electron chi connectivity index (χ3n) is 6.53. The van der Waals surface area contributed by atoms with E-state index in [1.807, 2.05) is 43.3 Å². The molecule has 0 aliphatic carbocycles. The zero-order valence-electron chi connectivity index (χ0n) is 21.1. The Bertz CT molecular complexity index is 955. The fraction of sp³-hybridized carbons (Fsp3) is 0.600. The fourth-order valence-corrected chi connectivity index (χ4v) is 4.44. The summed E-state index contributed by atoms with van der Waals surface area (Å²) < 4.78 is 16.9. The molecule has 0 saturated carbocycles. The van der Waals surface area contributed by atoms with E-state index in [-0.39, 0.29) is 0 Å². The summed E-state index contributed by atoms with van der Waals surface area (Å²) in [6.45, 7) is 7.37. The Morgan fingerprint density at radius 3 is 2.74 bits per heavy atom. The van der Waals surface area contributed by atoms with Gasteiger partial charge in [0.1, 0.15) is 24.6 Å². The average molecular weight is 487 g/mol. The molecule has 0 bridgehead atoms. The molecule has 2 saturated heterocycles. The van der Waals surface area contributed by atoms with E-state index in [4.69, 9.17) is 14.2 Å². The number of aliphatic hydroxyl groups is 1. The normalized spacial score (nSPS) is 20.7. The number of hydrogen-bond donors (Lipinski definition) is 2. The number of anilines is 2. The lowest BCUT2D eigenvalue weighted by atomic mass is 10.0. The fourth-order valence-electron chi connectivity index (χ4n) is 4.44. The van der Waals surface area contributed by atoms with Crippen molar-refractivity contribution in [2.24, 2.45) is 0 Å². The minimum Gasteiger partial charge on any atom is -0.493 e. The number of ether oxygens (including phenoxy) is 3. The summed E-state index contributed by atoms with van der Waals surface area (Å²) in [7, 11) is 5.57. The number of hydrogen-bond acceptors (Lipinski definition) is 10. The molecule has 1 atom stereocenters. The molecule has 4 rings (SSSR count). The minimum atomic E-state index is -0.810. The van der Waals surface area contributed by atoms with Gasteiger partial charge in [-0.15, -0.1) is 0 Å². The van der Waals surface area contributed by atoms with Gasteiger partial charge in [0.25, 0.3) is 0 Å². The topological polar surface area (TPSA) is 95.5 Å². The largest absolute Gasteiger partial charge is 0.493 e. The molecular weight excluding hydrogens is 448 g/mol. The maximum atomic E-state index is 11.1. The smallest absolute Gasteiger partial charge is 0.161 e. The van der Waals surface area contributed by atoms with Gasteiger partial charge < -0.3 is 34.4 Å². The molecule has 1 aromatic heterocycles. The maximum Gasteiger partial charge on any atom is 0.161 e. The van der Waals surface area contributed by atoms with Gasteiger partial charge in [-0.2, -0.15) is 0 Å². The van der Waals surface area contributed by atoms with Gasteiger partial charge in [0, 0.05) is 66.0 Å². The van der Waals surface area contributed by atoms with Gasteiger partial charge in [-0.1, -0.05) is 6.07 Å². The molecule has 10 nitrogen and oxygen atoms in total. The van der Waals surface area contributed by atoms with Crippen LogP contribution in [-0.2, 0) is 11.3 Å². The second-order valence-corrected chi connectivity index (χ2v) is 9.42. The van der Waals surface area contributed by atoms with E-state index in [0.717, 1.165) is 68.1 Å². The number of morpholine rings is 1. The van der Waals surface area contributed by atoms with Gasteiger partial charge in [0.05, 0.1) is 25.9 Å². The van der Waals surface area contributed by atoms with Gasteiger partial charge in [0.2, 0.25) is 0 Å². The third-order valence-corrected chi connectivity index (χ3v) is 6.53. The van der Waals surface area contributed by atoms with Crippen LogP contribution in [0.25, 0.3) is 0 Å². The Balaban J connectivity index is 1.25. The Hall–Kier alpha value is -2.66. The van der Waals surface area contributed by atoms with Crippen LogP contribution in [0.2, 0.25) is 0 Å². The predicted molar refractivity (Wildman–Crippen MR) is 136 cm³/mol. The maximum absolute atomic E-state index is 11.1. The van der Waals surface area contributed by atoms with Crippen molar-refractivity contribution in [3.05, 3.63) is 36.2 Å². The number of methoxy groups -OCH3 is 1. The van der Waals surface area contributed by atoms with E-state index in [9.17, 15) is 5.11 Å². The standard InChI is InChI=1S/C25H38N6O4/c1-29(2)23-15-24(28-19-27-23)31-7-6-25(32,18-31)17-26-16-20-4-5-21(22(14-20)33-3)35-13-10-30-8-11-34-12-9-30/h4-5,14-15,19,26,32H,6-13,16-18H2,1-3H3/t25-/m1/s1. The second kappa shape index (κ2) is 11.9. The number of rotatable bonds is 11. The first-order valence-electron chi connectivity index (χ1n) is 12.2. The second-order valence-electron chi connectivity index (χ2n) is 9.42. The molecule has 2 N–H and O–H groups in total. The van der Waals surface area contributed by atoms with Crippen molar-refractivity contribution in [1.29, 1.82) is 0 Å². The van der Waals surface area contributed by atoms with Crippen molar-refractivity contribution in [2.45, 2.75) is 18.6 Å². The van der Waals surface area contributed by atoms with Crippen molar-refractivity contribution in [1.82, 2.24) is 20.2 Å². The Morgan fingerprint density at radius 1 is 1.14 bits per heavy atom. The summed E-state index contributed by atoms with van der Waals surface area (Å²) in [6.07, 6.45) is 2.25. The van der Waals surface area contributed by atoms with Crippen LogP contribution in [0.4, 0.5) is 11.6 Å². The molecule has 1 aromatic carbocycles. The lowest BCUT2D eigenvalue weighted by Crippen LogP contribution is -2.43. The Morgan fingerprint density at radius 2 is 1.97 bits per heavy atom. The first-order chi connectivity index (χ1) is 17.0. The first-order valence-corrected chi connectivity index (χ1v) is 12.2. The van der Waals surface area contributed by atoms with Crippen LogP contribution >= 0.6 is 0 Å². The molecule has 2 fully saturated rings. The number of nitrogens with one attached hydrogen (secondary N) is 1. The molecular formula is C25H38N6O4. The van der Waals surface area contributed by atoms with Crippen molar-refractivity contribution < 1.29 is 19.3 Å². The molecule has 2 aromatic rings. The highest BCUT2D eigenvalue weighted by atomic mass is 16.5. The predicted octanol–water partition coefficient (Wildman–Crippen LogP) is 0.993. The zero-order chi connectivity index (χ0) is 24.7. The van der Waals surface area contributed by atoms with Gasteiger partial charge >= 0.3 is 0 Å². The van der Waals surface area contributed by atoms with Crippen LogP contribution < -0.4 is 24.6 Å². The van der Waals surface area contributed by atoms with E-state index in [2.05, 4.69) is 25.1 Å². The first kappa shape index (κ1) is 25.4. The molecule has 2 aliphatic rings. The number of aromatic nitrogens is 2. The SMILES string of the molecule is COc1cc(CNC[C@]2(O)CCN(c3cc(N(C)C)ncn3)C2)ccc1OCCN1CCOCC1. The van der Waals surface area contributed by atoms with Crippen LogP contribution in [0.3, 0.4) is 0 Å². The minimum absolute atomic E-state index is 0.495. The van der Waals surface area contributed by atoms with Gasteiger partial charge in [0.15, 0.2) is 11.5 Å². The van der Waals surface area contributed by atoms with E-state index in [1.54, 1.807) is 13.4 Å². The average Bonchev–Trinajstić information content (AvgIpc) is 3.27. The summed E-state index contributed by atoms with van der Waals surface area (Å²) in [5, 5.41) is 14.5. The number of β-amino-alcohol motifs (C(OH)–C–C–N with tert-alkyl or cyclic N) is 1. The van der Waals surface area contributed by atoms with E-state index < -0.39 is 5.60 Å². The highest BCUT2D eigenvalue weighted by Crippen LogP contribution is 2.29. The molecule has 0 spiro atoms. The van der Waals surface area contributed by atoms with Crippen LogP contribution in [0.5, 0.6) is 11.5 Å². The van der Waals surface area contributed by atoms with Crippen molar-refractivity contribution in [3.8, 4) is 11.5 Å². The van der Waals surface area contributed by atoms with Crippen LogP contribution in [0, 0.1) is 0 Å². The quantitative estimate of drug-likeness (QED) is 0.479. The van der Waals surface area contributed by atoms with Gasteiger partial charge in [-0.05, 0) is 24.1 Å². The molecule has 0 unspecified atom stereocenters. The lowest BCUT2D eigenvalue weighted by molar-refractivity contribution is 0.0321. The van der Waals surface area contributed by atoms with E-state index in [1.165, 1.54) is 0 Å². The van der Waals surface area contributed by atoms with Crippen LogP contribution in [0.15, 0.2) is 30.6 Å². The third kappa shape index (κ3) is 6.94. The highest BCUT2D eigenvalue weighted by Gasteiger charge is 2.36. The lowest BCUT2D eigenvalue weighted by Gasteiger charge is -2.26. The molecule has 192 valence electrons. The number of benzene rings is 1. The van der Waals surface area contributed by atoms with E-state index in [0.29, 0.717) is 32.7 Å². The highest BCUT2D eigenvalue weighted by molar-refractivity contribution is 5.50. The van der Waals surface area contributed by atoms with Crippen molar-refractivity contribution in [3.63, 3.8) is 0 Å². The van der Waals surface area contributed by atoms with Crippen molar-refractivity contribution in [2.75, 3.05) is 90.1 Å². The summed E-state index contributed by atoms with van der Waals surface area (Å²) in [5.74, 6) is 3.16. The molecule has 35 heavy (non-hydrogen) atoms. The summed E-state index contributed by atoms with van der Waals surface area (Å²) in [4.78, 5) is 15.1. The molecule has 10 heteroatoms. The number of nitrogens with zero attached hydrogens (tertiary/aromatic N) is 5. The Labute approximate surface area is 207 Å². The zero-order valence-corrected chi connectivity index (χ0v) is 21.1. The molecule has 2 aliphatic heterocycles. The van der Waals surface area contributed by atoms with Gasteiger partial charge in [-0.25, -0.2) is 9.97 Å².